The molecule has 1 saturated carbocycles. The second-order valence-electron chi connectivity index (χ2n) is 4.73. The molecule has 0 heterocycles. The minimum Gasteiger partial charge on any atom is -0.362 e. The molecule has 1 aromatic carbocycles. The van der Waals surface area contributed by atoms with Gasteiger partial charge in [-0.15, -0.1) is 0 Å². The van der Waals surface area contributed by atoms with Crippen LogP contribution in [0.2, 0.25) is 0 Å². The van der Waals surface area contributed by atoms with Gasteiger partial charge in [-0.3, -0.25) is 0 Å². The maximum Gasteiger partial charge on any atom is 0.166 e. The molecule has 0 spiro atoms. The lowest BCUT2D eigenvalue weighted by molar-refractivity contribution is 0.587. The Kier molecular flexibility index (Phi) is 2.56. The highest BCUT2D eigenvalue weighted by molar-refractivity contribution is 7.80. The smallest absolute Gasteiger partial charge is 0.166 e. The van der Waals surface area contributed by atoms with Crippen LogP contribution < -0.4 is 10.6 Å². The Hall–Kier alpha value is -1.09. The molecule has 0 amide bonds. The first-order chi connectivity index (χ1) is 7.83. The summed E-state index contributed by atoms with van der Waals surface area (Å²) in [7, 11) is 0. The molecule has 1 unspecified atom stereocenters. The van der Waals surface area contributed by atoms with E-state index >= 15 is 0 Å². The van der Waals surface area contributed by atoms with Crippen molar-refractivity contribution in [1.82, 2.24) is 10.6 Å². The van der Waals surface area contributed by atoms with E-state index in [1.807, 2.05) is 0 Å². The normalized spacial score (nSPS) is 21.9. The fourth-order valence-corrected chi connectivity index (χ4v) is 2.47. The van der Waals surface area contributed by atoms with E-state index in [9.17, 15) is 0 Å². The average molecular weight is 232 g/mol. The Morgan fingerprint density at radius 2 is 2.12 bits per heavy atom. The summed E-state index contributed by atoms with van der Waals surface area (Å²) in [5.41, 5.74) is 2.99. The molecule has 3 heteroatoms. The Morgan fingerprint density at radius 1 is 1.31 bits per heavy atom. The number of thiocarbonyl (C=S) groups is 1. The first kappa shape index (κ1) is 10.1. The molecular weight excluding hydrogens is 216 g/mol. The Balaban J connectivity index is 1.48. The van der Waals surface area contributed by atoms with E-state index in [-0.39, 0.29) is 0 Å². The van der Waals surface area contributed by atoms with Gasteiger partial charge in [0.1, 0.15) is 0 Å². The lowest BCUT2D eigenvalue weighted by Gasteiger charge is -2.30. The third-order valence-corrected chi connectivity index (χ3v) is 3.65. The summed E-state index contributed by atoms with van der Waals surface area (Å²) in [6.45, 7) is 0.968. The van der Waals surface area contributed by atoms with Gasteiger partial charge in [0, 0.05) is 18.5 Å². The van der Waals surface area contributed by atoms with Crippen LogP contribution in [0.15, 0.2) is 24.3 Å². The van der Waals surface area contributed by atoms with Crippen LogP contribution in [0.5, 0.6) is 0 Å². The number of hydrogen-bond donors (Lipinski definition) is 2. The van der Waals surface area contributed by atoms with Gasteiger partial charge in [0.15, 0.2) is 5.11 Å². The highest BCUT2D eigenvalue weighted by Crippen LogP contribution is 2.33. The van der Waals surface area contributed by atoms with Crippen molar-refractivity contribution >= 4 is 17.3 Å². The second-order valence-corrected chi connectivity index (χ2v) is 5.14. The zero-order valence-electron chi connectivity index (χ0n) is 9.20. The molecule has 16 heavy (non-hydrogen) atoms. The topological polar surface area (TPSA) is 24.1 Å². The van der Waals surface area contributed by atoms with Crippen molar-refractivity contribution in [1.29, 1.82) is 0 Å². The molecule has 0 radical (unpaired) electrons. The molecular formula is C13H16N2S. The van der Waals surface area contributed by atoms with Gasteiger partial charge in [0.25, 0.3) is 0 Å². The Bertz CT molecular complexity index is 412. The van der Waals surface area contributed by atoms with E-state index in [4.69, 9.17) is 12.2 Å². The molecule has 84 valence electrons. The van der Waals surface area contributed by atoms with Crippen LogP contribution in [0.3, 0.4) is 0 Å². The summed E-state index contributed by atoms with van der Waals surface area (Å²) in [6.07, 6.45) is 3.73. The molecule has 0 bridgehead atoms. The third kappa shape index (κ3) is 2.05. The van der Waals surface area contributed by atoms with Crippen molar-refractivity contribution in [2.45, 2.75) is 31.2 Å². The molecule has 2 N–H and O–H groups in total. The number of nitrogens with one attached hydrogen (secondary N) is 2. The maximum absolute atomic E-state index is 5.24. The fraction of sp³-hybridized carbons (Fsp3) is 0.462. The van der Waals surface area contributed by atoms with Crippen LogP contribution in [-0.4, -0.2) is 17.7 Å². The maximum atomic E-state index is 5.24. The van der Waals surface area contributed by atoms with Crippen molar-refractivity contribution in [3.63, 3.8) is 0 Å². The highest BCUT2D eigenvalue weighted by atomic mass is 32.1. The molecule has 1 atom stereocenters. The lowest BCUT2D eigenvalue weighted by atomic mass is 9.78. The van der Waals surface area contributed by atoms with Crippen LogP contribution in [0.1, 0.15) is 29.9 Å². The van der Waals surface area contributed by atoms with Crippen LogP contribution in [0, 0.1) is 0 Å². The third-order valence-electron chi connectivity index (χ3n) is 3.38. The largest absolute Gasteiger partial charge is 0.362 e. The lowest BCUT2D eigenvalue weighted by Crippen LogP contribution is -2.40. The van der Waals surface area contributed by atoms with Crippen LogP contribution >= 0.6 is 12.2 Å². The van der Waals surface area contributed by atoms with Gasteiger partial charge in [0.2, 0.25) is 0 Å². The first-order valence-corrected chi connectivity index (χ1v) is 6.36. The van der Waals surface area contributed by atoms with Crippen LogP contribution in [-0.2, 0) is 6.42 Å². The Labute approximate surface area is 101 Å². The molecule has 2 aliphatic rings. The summed E-state index contributed by atoms with van der Waals surface area (Å²) in [5.74, 6) is 0.648. The number of rotatable bonds is 3. The van der Waals surface area contributed by atoms with E-state index in [2.05, 4.69) is 34.9 Å². The summed E-state index contributed by atoms with van der Waals surface area (Å²) >= 11 is 5.24. The molecule has 3 rings (SSSR count). The minimum atomic E-state index is 0.647. The summed E-state index contributed by atoms with van der Waals surface area (Å²) in [5, 5.41) is 7.44. The van der Waals surface area contributed by atoms with Gasteiger partial charge in [-0.1, -0.05) is 24.3 Å². The average Bonchev–Trinajstić information content (AvgIpc) is 3.03. The van der Waals surface area contributed by atoms with E-state index in [0.29, 0.717) is 12.0 Å². The summed E-state index contributed by atoms with van der Waals surface area (Å²) < 4.78 is 0. The summed E-state index contributed by atoms with van der Waals surface area (Å²) in [4.78, 5) is 0. The van der Waals surface area contributed by atoms with Crippen molar-refractivity contribution < 1.29 is 0 Å². The number of benzene rings is 1. The molecule has 1 fully saturated rings. The van der Waals surface area contributed by atoms with E-state index < -0.39 is 0 Å². The number of fused-ring (bicyclic) bond motifs is 1. The zero-order chi connectivity index (χ0) is 11.0. The highest BCUT2D eigenvalue weighted by Gasteiger charge is 2.26. The van der Waals surface area contributed by atoms with E-state index in [0.717, 1.165) is 11.7 Å². The summed E-state index contributed by atoms with van der Waals surface area (Å²) in [6, 6.07) is 9.32. The van der Waals surface area contributed by atoms with Gasteiger partial charge < -0.3 is 10.6 Å². The molecule has 1 aromatic rings. The zero-order valence-corrected chi connectivity index (χ0v) is 10.0. The van der Waals surface area contributed by atoms with Crippen molar-refractivity contribution in [3.8, 4) is 0 Å². The monoisotopic (exact) mass is 232 g/mol. The molecule has 2 aliphatic carbocycles. The minimum absolute atomic E-state index is 0.647. The van der Waals surface area contributed by atoms with Crippen molar-refractivity contribution in [2.24, 2.45) is 0 Å². The van der Waals surface area contributed by atoms with Crippen molar-refractivity contribution in [2.75, 3.05) is 6.54 Å². The Morgan fingerprint density at radius 3 is 2.88 bits per heavy atom. The van der Waals surface area contributed by atoms with Gasteiger partial charge in [-0.2, -0.15) is 0 Å². The van der Waals surface area contributed by atoms with Gasteiger partial charge in [-0.25, -0.2) is 0 Å². The molecule has 0 aliphatic heterocycles. The first-order valence-electron chi connectivity index (χ1n) is 5.95. The fourth-order valence-electron chi connectivity index (χ4n) is 2.22. The SMILES string of the molecule is S=C(NCC1Cc2ccccc21)NC1CC1. The van der Waals surface area contributed by atoms with Gasteiger partial charge in [0.05, 0.1) is 0 Å². The second kappa shape index (κ2) is 4.06. The quantitative estimate of drug-likeness (QED) is 0.779. The number of hydrogen-bond acceptors (Lipinski definition) is 1. The van der Waals surface area contributed by atoms with Crippen molar-refractivity contribution in [3.05, 3.63) is 35.4 Å². The van der Waals surface area contributed by atoms with E-state index in [1.165, 1.54) is 30.4 Å². The molecule has 0 saturated heterocycles. The molecule has 2 nitrogen and oxygen atoms in total. The predicted molar refractivity (Wildman–Crippen MR) is 69.6 cm³/mol. The standard InChI is InChI=1S/C13H16N2S/c16-13(15-11-5-6-11)14-8-10-7-9-3-1-2-4-12(9)10/h1-4,10-11H,5-8H2,(H2,14,15,16). The van der Waals surface area contributed by atoms with E-state index in [1.54, 1.807) is 0 Å². The van der Waals surface area contributed by atoms with Gasteiger partial charge >= 0.3 is 0 Å². The van der Waals surface area contributed by atoms with Crippen LogP contribution in [0.25, 0.3) is 0 Å². The van der Waals surface area contributed by atoms with Crippen LogP contribution in [0.4, 0.5) is 0 Å². The van der Waals surface area contributed by atoms with Gasteiger partial charge in [-0.05, 0) is 42.6 Å². The predicted octanol–water partition coefficient (Wildman–Crippen LogP) is 1.95. The molecule has 0 aromatic heterocycles.